The molecule has 0 aromatic heterocycles. The van der Waals surface area contributed by atoms with Crippen molar-refractivity contribution in [2.24, 2.45) is 4.99 Å². The van der Waals surface area contributed by atoms with Crippen LogP contribution in [0.25, 0.3) is 0 Å². The zero-order valence-electron chi connectivity index (χ0n) is 19.0. The largest absolute Gasteiger partial charge is 0.381 e. The number of hydrogen-bond donors (Lipinski definition) is 2. The maximum absolute atomic E-state index is 13.9. The predicted octanol–water partition coefficient (Wildman–Crippen LogP) is 4.17. The Hall–Kier alpha value is -0.930. The lowest BCUT2D eigenvalue weighted by atomic mass is 9.74. The van der Waals surface area contributed by atoms with Gasteiger partial charge in [-0.3, -0.25) is 4.99 Å². The van der Waals surface area contributed by atoms with Gasteiger partial charge in [0.1, 0.15) is 5.82 Å². The minimum Gasteiger partial charge on any atom is -0.381 e. The smallest absolute Gasteiger partial charge is 0.191 e. The van der Waals surface area contributed by atoms with Gasteiger partial charge in [0.15, 0.2) is 5.96 Å². The Balaban J connectivity index is 0.00000450. The lowest BCUT2D eigenvalue weighted by molar-refractivity contribution is 0.0512. The van der Waals surface area contributed by atoms with Crippen molar-refractivity contribution in [3.8, 4) is 0 Å². The maximum Gasteiger partial charge on any atom is 0.191 e. The summed E-state index contributed by atoms with van der Waals surface area (Å²) in [6.45, 7) is 12.1. The first-order valence-electron chi connectivity index (χ1n) is 11.1. The highest BCUT2D eigenvalue weighted by molar-refractivity contribution is 14.0. The van der Waals surface area contributed by atoms with E-state index < -0.39 is 0 Å². The highest BCUT2D eigenvalue weighted by Crippen LogP contribution is 2.34. The Labute approximate surface area is 199 Å². The lowest BCUT2D eigenvalue weighted by Crippen LogP contribution is -2.49. The molecule has 5 nitrogen and oxygen atoms in total. The van der Waals surface area contributed by atoms with Gasteiger partial charge in [-0.05, 0) is 69.9 Å². The van der Waals surface area contributed by atoms with Crippen molar-refractivity contribution < 1.29 is 9.13 Å². The topological polar surface area (TPSA) is 48.9 Å². The van der Waals surface area contributed by atoms with Crippen LogP contribution < -0.4 is 10.6 Å². The molecular formula is C23H40FIN4O. The van der Waals surface area contributed by atoms with Gasteiger partial charge in [-0.1, -0.05) is 26.0 Å². The Bertz CT molecular complexity index is 633. The van der Waals surface area contributed by atoms with E-state index in [-0.39, 0.29) is 35.2 Å². The highest BCUT2D eigenvalue weighted by Gasteiger charge is 2.35. The quantitative estimate of drug-likeness (QED) is 0.269. The molecule has 30 heavy (non-hydrogen) atoms. The number of nitrogens with zero attached hydrogens (tertiary/aromatic N) is 2. The molecule has 1 aliphatic heterocycles. The number of ether oxygens (including phenoxy) is 1. The average Bonchev–Trinajstić information content (AvgIpc) is 2.75. The van der Waals surface area contributed by atoms with E-state index in [0.717, 1.165) is 56.8 Å². The van der Waals surface area contributed by atoms with Gasteiger partial charge in [0.25, 0.3) is 0 Å². The Morgan fingerprint density at radius 2 is 1.97 bits per heavy atom. The maximum atomic E-state index is 13.9. The van der Waals surface area contributed by atoms with Gasteiger partial charge in [-0.15, -0.1) is 24.0 Å². The van der Waals surface area contributed by atoms with Crippen molar-refractivity contribution in [3.63, 3.8) is 0 Å². The van der Waals surface area contributed by atoms with Gasteiger partial charge in [-0.25, -0.2) is 4.39 Å². The fraction of sp³-hybridized carbons (Fsp3) is 0.696. The first-order valence-corrected chi connectivity index (χ1v) is 11.1. The number of hydrogen-bond acceptors (Lipinski definition) is 3. The van der Waals surface area contributed by atoms with Crippen molar-refractivity contribution in [2.45, 2.75) is 57.9 Å². The molecule has 0 radical (unpaired) electrons. The predicted molar refractivity (Wildman–Crippen MR) is 135 cm³/mol. The number of nitrogens with one attached hydrogen (secondary N) is 2. The van der Waals surface area contributed by atoms with E-state index in [1.165, 1.54) is 6.07 Å². The summed E-state index contributed by atoms with van der Waals surface area (Å²) in [5.74, 6) is 0.625. The van der Waals surface area contributed by atoms with E-state index in [0.29, 0.717) is 25.8 Å². The number of aliphatic imine (C=N–C) groups is 1. The summed E-state index contributed by atoms with van der Waals surface area (Å²) in [5.41, 5.74) is 0.903. The molecule has 2 N–H and O–H groups in total. The second-order valence-corrected chi connectivity index (χ2v) is 8.04. The molecule has 1 aromatic carbocycles. The summed E-state index contributed by atoms with van der Waals surface area (Å²) in [7, 11) is 1.80. The molecule has 1 aliphatic rings. The first kappa shape index (κ1) is 27.1. The minimum absolute atomic E-state index is 0. The molecule has 0 spiro atoms. The van der Waals surface area contributed by atoms with Crippen LogP contribution in [0.5, 0.6) is 0 Å². The van der Waals surface area contributed by atoms with Gasteiger partial charge >= 0.3 is 0 Å². The summed E-state index contributed by atoms with van der Waals surface area (Å²) < 4.78 is 19.4. The molecule has 7 heteroatoms. The lowest BCUT2D eigenvalue weighted by Gasteiger charge is -2.38. The van der Waals surface area contributed by atoms with Crippen molar-refractivity contribution in [1.82, 2.24) is 15.5 Å². The zero-order valence-corrected chi connectivity index (χ0v) is 21.4. The third kappa shape index (κ3) is 8.30. The van der Waals surface area contributed by atoms with E-state index in [1.807, 2.05) is 6.07 Å². The van der Waals surface area contributed by atoms with Gasteiger partial charge in [0.2, 0.25) is 0 Å². The van der Waals surface area contributed by atoms with E-state index >= 15 is 0 Å². The van der Waals surface area contributed by atoms with Crippen molar-refractivity contribution >= 4 is 29.9 Å². The minimum atomic E-state index is -0.183. The molecule has 0 aliphatic carbocycles. The van der Waals surface area contributed by atoms with E-state index in [1.54, 1.807) is 19.2 Å². The number of rotatable bonds is 10. The van der Waals surface area contributed by atoms with Crippen LogP contribution in [0.1, 0.15) is 52.0 Å². The number of benzene rings is 1. The molecule has 1 aromatic rings. The fourth-order valence-electron chi connectivity index (χ4n) is 4.06. The van der Waals surface area contributed by atoms with Crippen LogP contribution in [-0.2, 0) is 10.2 Å². The van der Waals surface area contributed by atoms with E-state index in [2.05, 4.69) is 41.3 Å². The molecule has 172 valence electrons. The Morgan fingerprint density at radius 3 is 2.57 bits per heavy atom. The molecule has 1 fully saturated rings. The van der Waals surface area contributed by atoms with Crippen molar-refractivity contribution in [2.75, 3.05) is 46.4 Å². The molecule has 0 bridgehead atoms. The van der Waals surface area contributed by atoms with Gasteiger partial charge in [0, 0.05) is 38.3 Å². The van der Waals surface area contributed by atoms with Gasteiger partial charge in [-0.2, -0.15) is 0 Å². The zero-order chi connectivity index (χ0) is 21.1. The number of halogens is 2. The van der Waals surface area contributed by atoms with Crippen LogP contribution in [-0.4, -0.2) is 63.3 Å². The van der Waals surface area contributed by atoms with Gasteiger partial charge in [0.05, 0.1) is 0 Å². The normalized spacial score (nSPS) is 17.3. The van der Waals surface area contributed by atoms with Crippen LogP contribution in [0.15, 0.2) is 29.3 Å². The second-order valence-electron chi connectivity index (χ2n) is 8.04. The molecule has 0 saturated carbocycles. The molecule has 2 rings (SSSR count). The second kappa shape index (κ2) is 14.2. The van der Waals surface area contributed by atoms with Crippen LogP contribution in [0, 0.1) is 5.82 Å². The van der Waals surface area contributed by atoms with Crippen molar-refractivity contribution in [1.29, 1.82) is 0 Å². The third-order valence-electron chi connectivity index (χ3n) is 6.09. The summed E-state index contributed by atoms with van der Waals surface area (Å²) >= 11 is 0. The summed E-state index contributed by atoms with van der Waals surface area (Å²) in [6, 6.07) is 7.34. The summed E-state index contributed by atoms with van der Waals surface area (Å²) in [4.78, 5) is 6.86. The van der Waals surface area contributed by atoms with Gasteiger partial charge < -0.3 is 20.3 Å². The monoisotopic (exact) mass is 534 g/mol. The van der Waals surface area contributed by atoms with E-state index in [4.69, 9.17) is 4.74 Å². The Morgan fingerprint density at radius 1 is 1.27 bits per heavy atom. The third-order valence-corrected chi connectivity index (χ3v) is 6.09. The molecule has 1 unspecified atom stereocenters. The summed E-state index contributed by atoms with van der Waals surface area (Å²) in [5, 5.41) is 7.01. The molecule has 1 heterocycles. The van der Waals surface area contributed by atoms with E-state index in [9.17, 15) is 4.39 Å². The standard InChI is InChI=1S/C23H39FN4O.HI/c1-5-28(6-2)14-8-9-19(3)27-22(25-4)26-18-23(12-15-29-16-13-23)20-10-7-11-21(24)17-20;/h7,10-11,17,19H,5-6,8-9,12-16,18H2,1-4H3,(H2,25,26,27);1H. The van der Waals surface area contributed by atoms with Crippen LogP contribution >= 0.6 is 24.0 Å². The Kier molecular flexibility index (Phi) is 12.8. The van der Waals surface area contributed by atoms with Crippen LogP contribution in [0.2, 0.25) is 0 Å². The van der Waals surface area contributed by atoms with Crippen LogP contribution in [0.3, 0.4) is 0 Å². The fourth-order valence-corrected chi connectivity index (χ4v) is 4.06. The number of guanidine groups is 1. The first-order chi connectivity index (χ1) is 14.0. The average molecular weight is 535 g/mol. The summed E-state index contributed by atoms with van der Waals surface area (Å²) in [6.07, 6.45) is 4.01. The molecule has 0 amide bonds. The molecule has 1 saturated heterocycles. The molecule has 1 atom stereocenters. The van der Waals surface area contributed by atoms with Crippen LogP contribution in [0.4, 0.5) is 4.39 Å². The molecular weight excluding hydrogens is 494 g/mol. The highest BCUT2D eigenvalue weighted by atomic mass is 127. The van der Waals surface area contributed by atoms with Crippen molar-refractivity contribution in [3.05, 3.63) is 35.6 Å². The SMILES string of the molecule is CCN(CC)CCCC(C)NC(=NC)NCC1(c2cccc(F)c2)CCOCC1.I.